The molecule has 5 nitrogen and oxygen atoms in total. The fourth-order valence-electron chi connectivity index (χ4n) is 3.79. The highest BCUT2D eigenvalue weighted by molar-refractivity contribution is 5.91. The van der Waals surface area contributed by atoms with Gasteiger partial charge in [-0.1, -0.05) is 12.1 Å². The third kappa shape index (κ3) is 3.83. The number of urea groups is 1. The van der Waals surface area contributed by atoms with Crippen LogP contribution in [0.1, 0.15) is 52.4 Å². The van der Waals surface area contributed by atoms with Crippen molar-refractivity contribution in [2.24, 2.45) is 0 Å². The molecule has 1 aromatic rings. The van der Waals surface area contributed by atoms with Gasteiger partial charge in [0, 0.05) is 6.54 Å². The molecule has 1 atom stereocenters. The van der Waals surface area contributed by atoms with Crippen molar-refractivity contribution in [2.45, 2.75) is 70.1 Å². The number of likely N-dealkylation sites (tertiary alicyclic amines) is 1. The predicted molar refractivity (Wildman–Crippen MR) is 94.4 cm³/mol. The Kier molecular flexibility index (Phi) is 4.99. The molecule has 2 amide bonds. The number of carbonyl (C=O) groups is 1. The lowest BCUT2D eigenvalue weighted by atomic mass is 9.97. The van der Waals surface area contributed by atoms with Crippen molar-refractivity contribution in [3.63, 3.8) is 0 Å². The van der Waals surface area contributed by atoms with E-state index in [1.165, 1.54) is 12.8 Å². The van der Waals surface area contributed by atoms with Gasteiger partial charge in [0.05, 0.1) is 23.4 Å². The van der Waals surface area contributed by atoms with Gasteiger partial charge in [-0.25, -0.2) is 4.79 Å². The van der Waals surface area contributed by atoms with Crippen molar-refractivity contribution >= 4 is 11.7 Å². The van der Waals surface area contributed by atoms with Crippen LogP contribution in [0, 0.1) is 0 Å². The normalized spacial score (nSPS) is 22.0. The lowest BCUT2D eigenvalue weighted by Crippen LogP contribution is -2.49. The van der Waals surface area contributed by atoms with Gasteiger partial charge in [-0.05, 0) is 64.5 Å². The zero-order chi connectivity index (χ0) is 17.2. The van der Waals surface area contributed by atoms with Gasteiger partial charge in [-0.3, -0.25) is 0 Å². The minimum atomic E-state index is -0.895. The zero-order valence-electron chi connectivity index (χ0n) is 14.6. The summed E-state index contributed by atoms with van der Waals surface area (Å²) in [6.45, 7) is 4.20. The molecule has 0 radical (unpaired) electrons. The second-order valence-electron chi connectivity index (χ2n) is 7.46. The first-order valence-corrected chi connectivity index (χ1v) is 9.01. The van der Waals surface area contributed by atoms with E-state index >= 15 is 0 Å². The van der Waals surface area contributed by atoms with Gasteiger partial charge < -0.3 is 20.1 Å². The molecule has 3 rings (SSSR count). The molecule has 1 heterocycles. The van der Waals surface area contributed by atoms with Crippen LogP contribution in [-0.4, -0.2) is 40.3 Å². The van der Waals surface area contributed by atoms with E-state index in [1.807, 2.05) is 24.3 Å². The van der Waals surface area contributed by atoms with E-state index in [-0.39, 0.29) is 18.2 Å². The molecule has 132 valence electrons. The number of rotatable bonds is 4. The van der Waals surface area contributed by atoms with Crippen LogP contribution < -0.4 is 10.1 Å². The molecule has 2 aliphatic rings. The zero-order valence-corrected chi connectivity index (χ0v) is 14.6. The summed E-state index contributed by atoms with van der Waals surface area (Å²) in [5, 5.41) is 13.3. The first kappa shape index (κ1) is 17.1. The number of hydrogen-bond donors (Lipinski definition) is 2. The third-order valence-electron chi connectivity index (χ3n) is 5.05. The maximum Gasteiger partial charge on any atom is 0.322 e. The molecular weight excluding hydrogens is 304 g/mol. The van der Waals surface area contributed by atoms with Gasteiger partial charge in [0.2, 0.25) is 0 Å². The minimum Gasteiger partial charge on any atom is -0.488 e. The van der Waals surface area contributed by atoms with Crippen LogP contribution in [0.5, 0.6) is 5.75 Å². The molecule has 0 spiro atoms. The Balaban J connectivity index is 1.70. The highest BCUT2D eigenvalue weighted by atomic mass is 16.5. The molecule has 1 aromatic carbocycles. The quantitative estimate of drug-likeness (QED) is 0.882. The van der Waals surface area contributed by atoms with E-state index in [0.717, 1.165) is 31.4 Å². The molecule has 1 aliphatic carbocycles. The standard InChI is InChI=1S/C19H28N2O3/c1-19(2,23)17-12-7-13-21(17)18(22)20-15-10-5-6-11-16(15)24-14-8-3-4-9-14/h5-6,10-11,14,17,23H,3-4,7-9,12-13H2,1-2H3,(H,20,22). The van der Waals surface area contributed by atoms with Crippen LogP contribution in [-0.2, 0) is 0 Å². The van der Waals surface area contributed by atoms with Crippen LogP contribution in [0.25, 0.3) is 0 Å². The highest BCUT2D eigenvalue weighted by Gasteiger charge is 2.38. The van der Waals surface area contributed by atoms with Gasteiger partial charge in [-0.15, -0.1) is 0 Å². The maximum atomic E-state index is 12.7. The number of ether oxygens (including phenoxy) is 1. The average Bonchev–Trinajstić information content (AvgIpc) is 3.19. The summed E-state index contributed by atoms with van der Waals surface area (Å²) in [5.41, 5.74) is -0.191. The highest BCUT2D eigenvalue weighted by Crippen LogP contribution is 2.31. The lowest BCUT2D eigenvalue weighted by molar-refractivity contribution is 0.0117. The summed E-state index contributed by atoms with van der Waals surface area (Å²) in [4.78, 5) is 14.5. The minimum absolute atomic E-state index is 0.152. The monoisotopic (exact) mass is 332 g/mol. The molecular formula is C19H28N2O3. The van der Waals surface area contributed by atoms with E-state index in [9.17, 15) is 9.90 Å². The SMILES string of the molecule is CC(C)(O)C1CCCN1C(=O)Nc1ccccc1OC1CCCC1. The van der Waals surface area contributed by atoms with Crippen molar-refractivity contribution in [1.29, 1.82) is 0 Å². The van der Waals surface area contributed by atoms with Gasteiger partial charge in [0.25, 0.3) is 0 Å². The molecule has 1 unspecified atom stereocenters. The average molecular weight is 332 g/mol. The van der Waals surface area contributed by atoms with Crippen molar-refractivity contribution in [1.82, 2.24) is 4.90 Å². The van der Waals surface area contributed by atoms with Crippen molar-refractivity contribution in [3.8, 4) is 5.75 Å². The van der Waals surface area contributed by atoms with Gasteiger partial charge >= 0.3 is 6.03 Å². The van der Waals surface area contributed by atoms with Gasteiger partial charge in [0.1, 0.15) is 5.75 Å². The Morgan fingerprint density at radius 1 is 1.21 bits per heavy atom. The fraction of sp³-hybridized carbons (Fsp3) is 0.632. The number of benzene rings is 1. The van der Waals surface area contributed by atoms with Crippen LogP contribution in [0.15, 0.2) is 24.3 Å². The Morgan fingerprint density at radius 3 is 2.62 bits per heavy atom. The number of aliphatic hydroxyl groups is 1. The number of hydrogen-bond acceptors (Lipinski definition) is 3. The molecule has 24 heavy (non-hydrogen) atoms. The maximum absolute atomic E-state index is 12.7. The van der Waals surface area contributed by atoms with E-state index in [2.05, 4.69) is 5.32 Å². The molecule has 0 bridgehead atoms. The molecule has 0 aromatic heterocycles. The first-order valence-electron chi connectivity index (χ1n) is 9.01. The molecule has 1 saturated heterocycles. The summed E-state index contributed by atoms with van der Waals surface area (Å²) in [7, 11) is 0. The smallest absolute Gasteiger partial charge is 0.322 e. The van der Waals surface area contributed by atoms with E-state index < -0.39 is 5.60 Å². The molecule has 1 saturated carbocycles. The molecule has 2 fully saturated rings. The largest absolute Gasteiger partial charge is 0.488 e. The van der Waals surface area contributed by atoms with Crippen LogP contribution >= 0.6 is 0 Å². The van der Waals surface area contributed by atoms with Crippen LogP contribution in [0.2, 0.25) is 0 Å². The molecule has 5 heteroatoms. The summed E-state index contributed by atoms with van der Waals surface area (Å²) in [6, 6.07) is 7.29. The number of nitrogens with zero attached hydrogens (tertiary/aromatic N) is 1. The number of carbonyl (C=O) groups excluding carboxylic acids is 1. The summed E-state index contributed by atoms with van der Waals surface area (Å²) < 4.78 is 6.08. The van der Waals surface area contributed by atoms with Crippen molar-refractivity contribution in [2.75, 3.05) is 11.9 Å². The van der Waals surface area contributed by atoms with Crippen molar-refractivity contribution < 1.29 is 14.6 Å². The summed E-state index contributed by atoms with van der Waals surface area (Å²) in [6.07, 6.45) is 6.57. The number of nitrogens with one attached hydrogen (secondary N) is 1. The van der Waals surface area contributed by atoms with Gasteiger partial charge in [-0.2, -0.15) is 0 Å². The number of anilines is 1. The Bertz CT molecular complexity index is 576. The third-order valence-corrected chi connectivity index (χ3v) is 5.05. The Hall–Kier alpha value is -1.75. The second-order valence-corrected chi connectivity index (χ2v) is 7.46. The Morgan fingerprint density at radius 2 is 1.92 bits per heavy atom. The fourth-order valence-corrected chi connectivity index (χ4v) is 3.79. The van der Waals surface area contributed by atoms with E-state index in [1.54, 1.807) is 18.7 Å². The Labute approximate surface area is 144 Å². The van der Waals surface area contributed by atoms with E-state index in [4.69, 9.17) is 4.74 Å². The lowest BCUT2D eigenvalue weighted by Gasteiger charge is -2.33. The predicted octanol–water partition coefficient (Wildman–Crippen LogP) is 3.78. The topological polar surface area (TPSA) is 61.8 Å². The summed E-state index contributed by atoms with van der Waals surface area (Å²) >= 11 is 0. The second kappa shape index (κ2) is 7.01. The van der Waals surface area contributed by atoms with Crippen molar-refractivity contribution in [3.05, 3.63) is 24.3 Å². The summed E-state index contributed by atoms with van der Waals surface area (Å²) in [5.74, 6) is 0.733. The number of amides is 2. The van der Waals surface area contributed by atoms with Gasteiger partial charge in [0.15, 0.2) is 0 Å². The molecule has 2 N–H and O–H groups in total. The number of para-hydroxylation sites is 2. The van der Waals surface area contributed by atoms with Crippen LogP contribution in [0.3, 0.4) is 0 Å². The molecule has 1 aliphatic heterocycles. The van der Waals surface area contributed by atoms with Crippen LogP contribution in [0.4, 0.5) is 10.5 Å². The first-order chi connectivity index (χ1) is 11.4. The van der Waals surface area contributed by atoms with E-state index in [0.29, 0.717) is 12.2 Å².